The molecule has 2 saturated carbocycles. The lowest BCUT2D eigenvalue weighted by Crippen LogP contribution is -2.16. The zero-order valence-corrected chi connectivity index (χ0v) is 10.0. The molecule has 1 aromatic carbocycles. The first-order valence-electron chi connectivity index (χ1n) is 6.57. The highest BCUT2D eigenvalue weighted by molar-refractivity contribution is 6.02. The average Bonchev–Trinajstić information content (AvgIpc) is 2.80. The Hall–Kier alpha value is -1.84. The van der Waals surface area contributed by atoms with E-state index < -0.39 is 0 Å². The molecule has 1 amide bonds. The summed E-state index contributed by atoms with van der Waals surface area (Å²) < 4.78 is 0. The second-order valence-electron chi connectivity index (χ2n) is 5.41. The molecule has 2 N–H and O–H groups in total. The molecule has 18 heavy (non-hydrogen) atoms. The van der Waals surface area contributed by atoms with E-state index in [-0.39, 0.29) is 11.8 Å². The molecule has 4 nitrogen and oxygen atoms in total. The van der Waals surface area contributed by atoms with Crippen LogP contribution >= 0.6 is 0 Å². The van der Waals surface area contributed by atoms with Gasteiger partial charge in [-0.15, -0.1) is 0 Å². The summed E-state index contributed by atoms with van der Waals surface area (Å²) in [5, 5.41) is 11.0. The van der Waals surface area contributed by atoms with Crippen LogP contribution in [0.5, 0.6) is 0 Å². The van der Waals surface area contributed by atoms with Crippen molar-refractivity contribution in [1.82, 2.24) is 10.2 Å². The molecule has 2 unspecified atom stereocenters. The number of H-pyrrole nitrogens is 1. The van der Waals surface area contributed by atoms with E-state index in [1.807, 2.05) is 18.2 Å². The first-order chi connectivity index (χ1) is 8.84. The van der Waals surface area contributed by atoms with Gasteiger partial charge in [0.15, 0.2) is 0 Å². The summed E-state index contributed by atoms with van der Waals surface area (Å²) in [6.07, 6.45) is 5.54. The van der Waals surface area contributed by atoms with Crippen molar-refractivity contribution in [1.29, 1.82) is 0 Å². The van der Waals surface area contributed by atoms with Crippen LogP contribution in [0.25, 0.3) is 10.9 Å². The first-order valence-corrected chi connectivity index (χ1v) is 6.57. The van der Waals surface area contributed by atoms with Crippen molar-refractivity contribution in [3.63, 3.8) is 0 Å². The van der Waals surface area contributed by atoms with Gasteiger partial charge in [-0.1, -0.05) is 18.6 Å². The van der Waals surface area contributed by atoms with Gasteiger partial charge in [0.25, 0.3) is 0 Å². The first kappa shape index (κ1) is 10.1. The van der Waals surface area contributed by atoms with Crippen molar-refractivity contribution < 1.29 is 4.79 Å². The van der Waals surface area contributed by atoms with E-state index in [2.05, 4.69) is 15.5 Å². The number of aromatic amines is 1. The Morgan fingerprint density at radius 3 is 3.00 bits per heavy atom. The highest BCUT2D eigenvalue weighted by Gasteiger charge is 2.56. The van der Waals surface area contributed by atoms with Gasteiger partial charge in [0.1, 0.15) is 0 Å². The van der Waals surface area contributed by atoms with Gasteiger partial charge in [0.2, 0.25) is 5.91 Å². The molecule has 0 radical (unpaired) electrons. The highest BCUT2D eigenvalue weighted by atomic mass is 16.2. The summed E-state index contributed by atoms with van der Waals surface area (Å²) in [5.74, 6) is 1.76. The molecule has 2 aromatic rings. The number of anilines is 1. The third-order valence-corrected chi connectivity index (χ3v) is 4.44. The molecular formula is C14H15N3O. The predicted octanol–water partition coefficient (Wildman–Crippen LogP) is 2.55. The molecule has 1 aromatic heterocycles. The minimum atomic E-state index is 0.187. The number of hydrogen-bond donors (Lipinski definition) is 2. The van der Waals surface area contributed by atoms with E-state index in [9.17, 15) is 4.79 Å². The van der Waals surface area contributed by atoms with Crippen LogP contribution in [0.2, 0.25) is 0 Å². The quantitative estimate of drug-likeness (QED) is 0.848. The Morgan fingerprint density at radius 1 is 1.33 bits per heavy atom. The molecule has 0 spiro atoms. The lowest BCUT2D eigenvalue weighted by molar-refractivity contribution is -0.118. The smallest absolute Gasteiger partial charge is 0.228 e. The lowest BCUT2D eigenvalue weighted by Gasteiger charge is -2.07. The van der Waals surface area contributed by atoms with Crippen LogP contribution in [-0.4, -0.2) is 16.1 Å². The van der Waals surface area contributed by atoms with E-state index in [0.29, 0.717) is 11.8 Å². The molecule has 2 aliphatic carbocycles. The summed E-state index contributed by atoms with van der Waals surface area (Å²) in [6.45, 7) is 0. The van der Waals surface area contributed by atoms with Gasteiger partial charge in [-0.25, -0.2) is 0 Å². The van der Waals surface area contributed by atoms with Crippen molar-refractivity contribution in [3.8, 4) is 0 Å². The van der Waals surface area contributed by atoms with Crippen molar-refractivity contribution in [2.24, 2.45) is 17.8 Å². The zero-order valence-electron chi connectivity index (χ0n) is 10.0. The van der Waals surface area contributed by atoms with Gasteiger partial charge in [0, 0.05) is 11.3 Å². The molecule has 1 heterocycles. The molecule has 2 atom stereocenters. The van der Waals surface area contributed by atoms with E-state index in [4.69, 9.17) is 0 Å². The molecular weight excluding hydrogens is 226 g/mol. The maximum atomic E-state index is 12.2. The SMILES string of the molecule is O=C(Nc1cccc2cn[nH]c12)C1C2CCCC21. The van der Waals surface area contributed by atoms with Crippen molar-refractivity contribution in [2.75, 3.05) is 5.32 Å². The number of benzene rings is 1. The van der Waals surface area contributed by atoms with Crippen molar-refractivity contribution in [2.45, 2.75) is 19.3 Å². The lowest BCUT2D eigenvalue weighted by atomic mass is 10.1. The van der Waals surface area contributed by atoms with Crippen LogP contribution in [0.15, 0.2) is 24.4 Å². The summed E-state index contributed by atoms with van der Waals surface area (Å²) in [5.41, 5.74) is 1.76. The zero-order chi connectivity index (χ0) is 12.1. The Bertz CT molecular complexity index is 608. The maximum Gasteiger partial charge on any atom is 0.228 e. The fourth-order valence-electron chi connectivity index (χ4n) is 3.50. The number of carbonyl (C=O) groups is 1. The number of para-hydroxylation sites is 1. The van der Waals surface area contributed by atoms with E-state index in [1.54, 1.807) is 6.20 Å². The number of amides is 1. The van der Waals surface area contributed by atoms with Crippen LogP contribution in [0.4, 0.5) is 5.69 Å². The summed E-state index contributed by atoms with van der Waals surface area (Å²) in [6, 6.07) is 5.86. The van der Waals surface area contributed by atoms with E-state index in [1.165, 1.54) is 19.3 Å². The largest absolute Gasteiger partial charge is 0.324 e. The second-order valence-corrected chi connectivity index (χ2v) is 5.41. The Labute approximate surface area is 105 Å². The summed E-state index contributed by atoms with van der Waals surface area (Å²) in [7, 11) is 0. The van der Waals surface area contributed by atoms with Gasteiger partial charge in [-0.05, 0) is 30.7 Å². The van der Waals surface area contributed by atoms with E-state index >= 15 is 0 Å². The molecule has 0 saturated heterocycles. The van der Waals surface area contributed by atoms with Gasteiger partial charge >= 0.3 is 0 Å². The van der Waals surface area contributed by atoms with Crippen LogP contribution in [0, 0.1) is 17.8 Å². The molecule has 0 aliphatic heterocycles. The van der Waals surface area contributed by atoms with Gasteiger partial charge in [-0.3, -0.25) is 9.89 Å². The van der Waals surface area contributed by atoms with Crippen molar-refractivity contribution >= 4 is 22.5 Å². The van der Waals surface area contributed by atoms with Crippen LogP contribution < -0.4 is 5.32 Å². The molecule has 4 heteroatoms. The fraction of sp³-hybridized carbons (Fsp3) is 0.429. The van der Waals surface area contributed by atoms with Crippen LogP contribution in [0.1, 0.15) is 19.3 Å². The van der Waals surface area contributed by atoms with Crippen LogP contribution in [-0.2, 0) is 4.79 Å². The number of fused-ring (bicyclic) bond motifs is 2. The third-order valence-electron chi connectivity index (χ3n) is 4.44. The third kappa shape index (κ3) is 1.38. The molecule has 2 aliphatic rings. The maximum absolute atomic E-state index is 12.2. The summed E-state index contributed by atoms with van der Waals surface area (Å²) in [4.78, 5) is 12.2. The Kier molecular flexibility index (Phi) is 2.01. The summed E-state index contributed by atoms with van der Waals surface area (Å²) >= 11 is 0. The molecule has 2 fully saturated rings. The number of aromatic nitrogens is 2. The minimum absolute atomic E-state index is 0.187. The topological polar surface area (TPSA) is 57.8 Å². The van der Waals surface area contributed by atoms with Crippen molar-refractivity contribution in [3.05, 3.63) is 24.4 Å². The Balaban J connectivity index is 1.58. The normalized spacial score (nSPS) is 29.2. The van der Waals surface area contributed by atoms with Crippen LogP contribution in [0.3, 0.4) is 0 Å². The number of carbonyl (C=O) groups excluding carboxylic acids is 1. The van der Waals surface area contributed by atoms with Gasteiger partial charge in [0.05, 0.1) is 17.4 Å². The number of hydrogen-bond acceptors (Lipinski definition) is 2. The standard InChI is InChI=1S/C14H15N3O/c18-14(12-9-4-2-5-10(9)12)16-11-6-1-3-8-7-15-17-13(8)11/h1,3,6-7,9-10,12H,2,4-5H2,(H,15,17)(H,16,18). The monoisotopic (exact) mass is 241 g/mol. The number of nitrogens with one attached hydrogen (secondary N) is 2. The van der Waals surface area contributed by atoms with Gasteiger partial charge < -0.3 is 5.32 Å². The van der Waals surface area contributed by atoms with E-state index in [0.717, 1.165) is 16.6 Å². The minimum Gasteiger partial charge on any atom is -0.324 e. The number of rotatable bonds is 2. The molecule has 92 valence electrons. The molecule has 4 rings (SSSR count). The second kappa shape index (κ2) is 3.57. The average molecular weight is 241 g/mol. The predicted molar refractivity (Wildman–Crippen MR) is 69.0 cm³/mol. The highest BCUT2D eigenvalue weighted by Crippen LogP contribution is 2.57. The number of nitrogens with zero attached hydrogens (tertiary/aromatic N) is 1. The fourth-order valence-corrected chi connectivity index (χ4v) is 3.50. The Morgan fingerprint density at radius 2 is 2.17 bits per heavy atom. The van der Waals surface area contributed by atoms with Gasteiger partial charge in [-0.2, -0.15) is 5.10 Å². The molecule has 0 bridgehead atoms.